The Morgan fingerprint density at radius 1 is 0.604 bits per heavy atom. The van der Waals surface area contributed by atoms with E-state index >= 15 is 0 Å². The number of rotatable bonds is 31. The quantitative estimate of drug-likeness (QED) is 0.0291. The molecule has 0 fully saturated rings. The van der Waals surface area contributed by atoms with E-state index in [1.54, 1.807) is 24.3 Å². The number of allylic oxidation sites excluding steroid dienone is 8. The lowest BCUT2D eigenvalue weighted by Crippen LogP contribution is -2.25. The number of hydrogen-bond donors (Lipinski definition) is 3. The van der Waals surface area contributed by atoms with Crippen molar-refractivity contribution in [2.75, 3.05) is 13.2 Å². The maximum atomic E-state index is 11.9. The van der Waals surface area contributed by atoms with Crippen LogP contribution in [0.1, 0.15) is 136 Å². The van der Waals surface area contributed by atoms with Gasteiger partial charge in [-0.1, -0.05) is 158 Å². The normalized spacial score (nSPS) is 14.5. The fraction of sp³-hybridized carbons (Fsp3) is 0.659. The van der Waals surface area contributed by atoms with Gasteiger partial charge in [-0.15, -0.1) is 0 Å². The zero-order valence-electron chi connectivity index (χ0n) is 30.4. The predicted octanol–water partition coefficient (Wildman–Crippen LogP) is 9.19. The summed E-state index contributed by atoms with van der Waals surface area (Å²) < 4.78 is 10.2. The Hall–Kier alpha value is -2.74. The minimum atomic E-state index is -1.04. The number of esters is 2. The third-order valence-corrected chi connectivity index (χ3v) is 7.56. The molecule has 0 radical (unpaired) electrons. The Morgan fingerprint density at radius 3 is 1.73 bits per heavy atom. The zero-order chi connectivity index (χ0) is 35.5. The molecule has 0 bridgehead atoms. The number of carbonyl (C=O) groups is 2. The predicted molar refractivity (Wildman–Crippen MR) is 198 cm³/mol. The minimum Gasteiger partial charge on any atom is -0.463 e. The van der Waals surface area contributed by atoms with Crippen molar-refractivity contribution in [1.82, 2.24) is 0 Å². The number of ether oxygens (including phenoxy) is 2. The Balaban J connectivity index is 3.76. The molecule has 0 saturated heterocycles. The van der Waals surface area contributed by atoms with Crippen molar-refractivity contribution in [3.05, 3.63) is 72.9 Å². The average Bonchev–Trinajstić information content (AvgIpc) is 3.05. The van der Waals surface area contributed by atoms with Gasteiger partial charge in [-0.2, -0.15) is 0 Å². The lowest BCUT2D eigenvalue weighted by molar-refractivity contribution is -0.152. The third kappa shape index (κ3) is 34.6. The summed E-state index contributed by atoms with van der Waals surface area (Å²) in [4.78, 5) is 23.9. The first-order chi connectivity index (χ1) is 23.2. The lowest BCUT2D eigenvalue weighted by Gasteiger charge is -2.12. The van der Waals surface area contributed by atoms with Gasteiger partial charge < -0.3 is 24.8 Å². The molecule has 0 rings (SSSR count). The van der Waals surface area contributed by atoms with Crippen LogP contribution in [0.4, 0.5) is 0 Å². The van der Waals surface area contributed by atoms with Crippen molar-refractivity contribution < 1.29 is 34.4 Å². The van der Waals surface area contributed by atoms with Gasteiger partial charge in [-0.05, 0) is 44.4 Å². The maximum Gasteiger partial charge on any atom is 0.305 e. The summed E-state index contributed by atoms with van der Waals surface area (Å²) >= 11 is 0. The van der Waals surface area contributed by atoms with E-state index in [0.29, 0.717) is 25.7 Å². The fourth-order valence-corrected chi connectivity index (χ4v) is 4.72. The first kappa shape index (κ1) is 45.3. The number of unbranched alkanes of at least 4 members (excludes halogenated alkanes) is 10. The lowest BCUT2D eigenvalue weighted by atomic mass is 10.0. The Morgan fingerprint density at radius 2 is 1.15 bits per heavy atom. The van der Waals surface area contributed by atoms with Crippen molar-refractivity contribution in [3.8, 4) is 0 Å². The van der Waals surface area contributed by atoms with E-state index in [-0.39, 0.29) is 25.6 Å². The second-order valence-electron chi connectivity index (χ2n) is 12.8. The molecule has 3 N–H and O–H groups in total. The summed E-state index contributed by atoms with van der Waals surface area (Å²) in [5.41, 5.74) is 0. The summed E-state index contributed by atoms with van der Waals surface area (Å²) in [5.74, 6) is 0.0639. The molecule has 7 nitrogen and oxygen atoms in total. The average molecular weight is 673 g/mol. The molecule has 0 aliphatic carbocycles. The van der Waals surface area contributed by atoms with Gasteiger partial charge in [0.1, 0.15) is 19.3 Å². The van der Waals surface area contributed by atoms with Gasteiger partial charge in [0.2, 0.25) is 0 Å². The summed E-state index contributed by atoms with van der Waals surface area (Å²) in [6, 6.07) is 0. The summed E-state index contributed by atoms with van der Waals surface area (Å²) in [6.45, 7) is 6.25. The molecule has 0 unspecified atom stereocenters. The molecule has 7 heteroatoms. The number of aliphatic hydroxyl groups excluding tert-OH is 3. The van der Waals surface area contributed by atoms with E-state index in [1.165, 1.54) is 51.4 Å². The van der Waals surface area contributed by atoms with Gasteiger partial charge in [0.05, 0.1) is 12.2 Å². The van der Waals surface area contributed by atoms with Crippen LogP contribution in [0, 0.1) is 5.92 Å². The maximum absolute atomic E-state index is 11.9. The molecular weight excluding hydrogens is 604 g/mol. The van der Waals surface area contributed by atoms with Crippen molar-refractivity contribution in [2.45, 2.75) is 155 Å². The van der Waals surface area contributed by atoms with Crippen LogP contribution in [0.5, 0.6) is 0 Å². The smallest absolute Gasteiger partial charge is 0.305 e. The first-order valence-electron chi connectivity index (χ1n) is 18.6. The van der Waals surface area contributed by atoms with E-state index in [2.05, 4.69) is 20.8 Å². The standard InChI is InChI=1S/C41H68O7/c1-4-5-20-28-37(42)29-22-16-12-10-13-17-23-30-38(43)31-24-19-26-33-41(46)48-35-39(44)34-47-40(45)32-25-18-14-9-7-6-8-11-15-21-27-36(2)3/h5,12-13,16-17,20,22-24,29-31,36-39,42-44H,4,6-11,14-15,18-19,21,25-28,32-35H2,1-3H3/b16-12-,17-13-,20-5-,29-22+,30-23+,31-24-/t37-,38-,39+/m1/s1. The van der Waals surface area contributed by atoms with Crippen LogP contribution in [-0.4, -0.2) is 58.8 Å². The van der Waals surface area contributed by atoms with Crippen LogP contribution >= 0.6 is 0 Å². The van der Waals surface area contributed by atoms with E-state index in [9.17, 15) is 24.9 Å². The van der Waals surface area contributed by atoms with Gasteiger partial charge in [-0.25, -0.2) is 0 Å². The van der Waals surface area contributed by atoms with Gasteiger partial charge in [0.15, 0.2) is 0 Å². The van der Waals surface area contributed by atoms with Crippen LogP contribution in [0.25, 0.3) is 0 Å². The number of aliphatic hydroxyl groups is 3. The van der Waals surface area contributed by atoms with Gasteiger partial charge >= 0.3 is 11.9 Å². The van der Waals surface area contributed by atoms with Gasteiger partial charge in [-0.3, -0.25) is 9.59 Å². The molecule has 0 aliphatic rings. The highest BCUT2D eigenvalue weighted by molar-refractivity contribution is 5.69. The van der Waals surface area contributed by atoms with Gasteiger partial charge in [0, 0.05) is 12.8 Å². The minimum absolute atomic E-state index is 0.177. The van der Waals surface area contributed by atoms with E-state index in [4.69, 9.17) is 9.47 Å². The molecule has 0 aromatic rings. The van der Waals surface area contributed by atoms with Gasteiger partial charge in [0.25, 0.3) is 0 Å². The molecule has 0 spiro atoms. The van der Waals surface area contributed by atoms with Crippen molar-refractivity contribution in [2.24, 2.45) is 5.92 Å². The second kappa shape index (κ2) is 34.1. The second-order valence-corrected chi connectivity index (χ2v) is 12.8. The highest BCUT2D eigenvalue weighted by atomic mass is 16.6. The topological polar surface area (TPSA) is 113 Å². The zero-order valence-corrected chi connectivity index (χ0v) is 30.4. The molecule has 0 amide bonds. The van der Waals surface area contributed by atoms with Crippen LogP contribution < -0.4 is 0 Å². The molecular formula is C41H68O7. The summed E-state index contributed by atoms with van der Waals surface area (Å²) in [5, 5.41) is 29.8. The molecule has 0 aromatic carbocycles. The Labute approximate surface area is 292 Å². The molecule has 3 atom stereocenters. The molecule has 0 aromatic heterocycles. The van der Waals surface area contributed by atoms with Crippen LogP contribution in [0.3, 0.4) is 0 Å². The largest absolute Gasteiger partial charge is 0.463 e. The number of hydrogen-bond acceptors (Lipinski definition) is 7. The van der Waals surface area contributed by atoms with Crippen LogP contribution in [0.2, 0.25) is 0 Å². The van der Waals surface area contributed by atoms with E-state index in [0.717, 1.165) is 38.0 Å². The Bertz CT molecular complexity index is 944. The molecule has 274 valence electrons. The molecule has 0 heterocycles. The third-order valence-electron chi connectivity index (χ3n) is 7.56. The highest BCUT2D eigenvalue weighted by Crippen LogP contribution is 2.14. The van der Waals surface area contributed by atoms with Crippen molar-refractivity contribution >= 4 is 11.9 Å². The van der Waals surface area contributed by atoms with Crippen LogP contribution in [-0.2, 0) is 19.1 Å². The van der Waals surface area contributed by atoms with Crippen molar-refractivity contribution in [3.63, 3.8) is 0 Å². The Kier molecular flexibility index (Phi) is 32.2. The molecule has 0 saturated carbocycles. The molecule has 48 heavy (non-hydrogen) atoms. The van der Waals surface area contributed by atoms with E-state index in [1.807, 2.05) is 48.6 Å². The monoisotopic (exact) mass is 672 g/mol. The van der Waals surface area contributed by atoms with E-state index < -0.39 is 24.3 Å². The van der Waals surface area contributed by atoms with Crippen molar-refractivity contribution in [1.29, 1.82) is 0 Å². The summed E-state index contributed by atoms with van der Waals surface area (Å²) in [6.07, 6.45) is 37.5. The number of carbonyl (C=O) groups excluding carboxylic acids is 2. The first-order valence-corrected chi connectivity index (χ1v) is 18.6. The SMILES string of the molecule is CC/C=C\C[C@@H](O)/C=C/C=C\C/C=C\C=C\[C@@H](O)/C=C\CCCC(=O)OC[C@@H](O)COC(=O)CCCCCCCCCCCCC(C)C. The fourth-order valence-electron chi connectivity index (χ4n) is 4.72. The summed E-state index contributed by atoms with van der Waals surface area (Å²) in [7, 11) is 0. The van der Waals surface area contributed by atoms with Crippen LogP contribution in [0.15, 0.2) is 72.9 Å². The highest BCUT2D eigenvalue weighted by Gasteiger charge is 2.12. The molecule has 0 aliphatic heterocycles.